The topological polar surface area (TPSA) is 80.9 Å². The van der Waals surface area contributed by atoms with Gasteiger partial charge in [-0.15, -0.1) is 10.2 Å². The zero-order valence-corrected chi connectivity index (χ0v) is 11.0. The molecule has 1 aliphatic rings. The number of nitrogens with zero attached hydrogens (tertiary/aromatic N) is 2. The van der Waals surface area contributed by atoms with E-state index in [0.717, 1.165) is 23.7 Å². The molecule has 6 heteroatoms. The van der Waals surface area contributed by atoms with E-state index in [1.165, 1.54) is 12.8 Å². The molecule has 0 aromatic carbocycles. The van der Waals surface area contributed by atoms with Gasteiger partial charge < -0.3 is 11.1 Å². The first-order valence-electron chi connectivity index (χ1n) is 6.01. The summed E-state index contributed by atoms with van der Waals surface area (Å²) in [4.78, 5) is 11.9. The van der Waals surface area contributed by atoms with Crippen LogP contribution < -0.4 is 11.1 Å². The summed E-state index contributed by atoms with van der Waals surface area (Å²) in [5.41, 5.74) is 5.46. The standard InChI is InChI=1S/C11H18N4OS/c1-3-7-4-5-8(6(7)2)13-9(16)10-14-15-11(12)17-10/h6-8H,3-5H2,1-2H3,(H2,12,15)(H,13,16). The van der Waals surface area contributed by atoms with Crippen molar-refractivity contribution in [3.63, 3.8) is 0 Å². The number of carbonyl (C=O) groups excluding carboxylic acids is 1. The molecule has 1 saturated carbocycles. The second-order valence-electron chi connectivity index (χ2n) is 4.63. The quantitative estimate of drug-likeness (QED) is 0.859. The van der Waals surface area contributed by atoms with Gasteiger partial charge in [-0.1, -0.05) is 31.6 Å². The van der Waals surface area contributed by atoms with Crippen molar-refractivity contribution in [3.8, 4) is 0 Å². The van der Waals surface area contributed by atoms with Crippen LogP contribution in [0.25, 0.3) is 0 Å². The molecule has 1 aliphatic carbocycles. The molecular weight excluding hydrogens is 236 g/mol. The molecule has 1 aromatic heterocycles. The summed E-state index contributed by atoms with van der Waals surface area (Å²) >= 11 is 1.13. The van der Waals surface area contributed by atoms with E-state index < -0.39 is 0 Å². The van der Waals surface area contributed by atoms with Crippen molar-refractivity contribution in [2.45, 2.75) is 39.2 Å². The Bertz CT molecular complexity index is 406. The highest BCUT2D eigenvalue weighted by Crippen LogP contribution is 2.34. The van der Waals surface area contributed by atoms with Gasteiger partial charge in [0.15, 0.2) is 0 Å². The van der Waals surface area contributed by atoms with Crippen molar-refractivity contribution in [1.82, 2.24) is 15.5 Å². The minimum atomic E-state index is -0.146. The lowest BCUT2D eigenvalue weighted by molar-refractivity contribution is 0.0925. The number of amides is 1. The molecule has 0 radical (unpaired) electrons. The van der Waals surface area contributed by atoms with Crippen LogP contribution in [-0.2, 0) is 0 Å². The fraction of sp³-hybridized carbons (Fsp3) is 0.727. The van der Waals surface area contributed by atoms with Crippen molar-refractivity contribution >= 4 is 22.4 Å². The summed E-state index contributed by atoms with van der Waals surface area (Å²) < 4.78 is 0. The third-order valence-corrected chi connectivity index (χ3v) is 4.45. The van der Waals surface area contributed by atoms with Gasteiger partial charge in [0.05, 0.1) is 0 Å². The van der Waals surface area contributed by atoms with E-state index in [1.54, 1.807) is 0 Å². The van der Waals surface area contributed by atoms with Crippen LogP contribution in [0.2, 0.25) is 0 Å². The molecular formula is C11H18N4OS. The third-order valence-electron chi connectivity index (χ3n) is 3.70. The first kappa shape index (κ1) is 12.3. The highest BCUT2D eigenvalue weighted by molar-refractivity contribution is 7.16. The van der Waals surface area contributed by atoms with Gasteiger partial charge in [-0.3, -0.25) is 4.79 Å². The fourth-order valence-corrected chi connectivity index (χ4v) is 3.10. The zero-order valence-electron chi connectivity index (χ0n) is 10.1. The van der Waals surface area contributed by atoms with E-state index in [1.807, 2.05) is 0 Å². The van der Waals surface area contributed by atoms with Gasteiger partial charge in [-0.05, 0) is 24.7 Å². The van der Waals surface area contributed by atoms with Crippen LogP contribution in [0.4, 0.5) is 5.13 Å². The Balaban J connectivity index is 1.96. The molecule has 0 saturated heterocycles. The van der Waals surface area contributed by atoms with Crippen LogP contribution in [0.3, 0.4) is 0 Å². The summed E-state index contributed by atoms with van der Waals surface area (Å²) in [6.07, 6.45) is 3.43. The molecule has 2 rings (SSSR count). The van der Waals surface area contributed by atoms with E-state index in [9.17, 15) is 4.79 Å². The van der Waals surface area contributed by atoms with E-state index in [-0.39, 0.29) is 11.9 Å². The first-order chi connectivity index (χ1) is 8.11. The Kier molecular flexibility index (Phi) is 3.61. The lowest BCUT2D eigenvalue weighted by atomic mass is 9.93. The number of anilines is 1. The number of hydrogen-bond donors (Lipinski definition) is 2. The largest absolute Gasteiger partial charge is 0.374 e. The molecule has 3 N–H and O–H groups in total. The molecule has 3 atom stereocenters. The SMILES string of the molecule is CCC1CCC(NC(=O)c2nnc(N)s2)C1C. The predicted molar refractivity (Wildman–Crippen MR) is 67.8 cm³/mol. The molecule has 5 nitrogen and oxygen atoms in total. The number of rotatable bonds is 3. The number of carbonyl (C=O) groups is 1. The maximum atomic E-state index is 11.9. The summed E-state index contributed by atoms with van der Waals surface area (Å²) in [6.45, 7) is 4.41. The summed E-state index contributed by atoms with van der Waals surface area (Å²) in [5.74, 6) is 1.11. The Morgan fingerprint density at radius 1 is 1.53 bits per heavy atom. The number of nitrogen functional groups attached to an aromatic ring is 1. The van der Waals surface area contributed by atoms with Gasteiger partial charge in [-0.25, -0.2) is 0 Å². The minimum Gasteiger partial charge on any atom is -0.374 e. The monoisotopic (exact) mass is 254 g/mol. The zero-order chi connectivity index (χ0) is 12.4. The number of hydrogen-bond acceptors (Lipinski definition) is 5. The number of nitrogens with one attached hydrogen (secondary N) is 1. The van der Waals surface area contributed by atoms with Crippen molar-refractivity contribution in [1.29, 1.82) is 0 Å². The normalized spacial score (nSPS) is 28.2. The molecule has 1 heterocycles. The van der Waals surface area contributed by atoms with Crippen LogP contribution >= 0.6 is 11.3 Å². The molecule has 1 fully saturated rings. The Hall–Kier alpha value is -1.17. The maximum absolute atomic E-state index is 11.9. The Morgan fingerprint density at radius 2 is 2.29 bits per heavy atom. The summed E-state index contributed by atoms with van der Waals surface area (Å²) in [7, 11) is 0. The number of aromatic nitrogens is 2. The van der Waals surface area contributed by atoms with Crippen molar-refractivity contribution in [2.75, 3.05) is 5.73 Å². The van der Waals surface area contributed by atoms with E-state index >= 15 is 0 Å². The van der Waals surface area contributed by atoms with Crippen molar-refractivity contribution < 1.29 is 4.79 Å². The number of nitrogens with two attached hydrogens (primary N) is 1. The molecule has 1 aromatic rings. The van der Waals surface area contributed by atoms with Gasteiger partial charge in [0.25, 0.3) is 5.91 Å². The molecule has 17 heavy (non-hydrogen) atoms. The maximum Gasteiger partial charge on any atom is 0.282 e. The molecule has 94 valence electrons. The lowest BCUT2D eigenvalue weighted by Gasteiger charge is -2.20. The average Bonchev–Trinajstić information content (AvgIpc) is 2.87. The lowest BCUT2D eigenvalue weighted by Crippen LogP contribution is -2.37. The summed E-state index contributed by atoms with van der Waals surface area (Å²) in [6, 6.07) is 0.262. The van der Waals surface area contributed by atoms with Crippen LogP contribution in [0.5, 0.6) is 0 Å². The van der Waals surface area contributed by atoms with Gasteiger partial charge in [0.2, 0.25) is 10.1 Å². The minimum absolute atomic E-state index is 0.146. The highest BCUT2D eigenvalue weighted by atomic mass is 32.1. The molecule has 0 aliphatic heterocycles. The van der Waals surface area contributed by atoms with Crippen molar-refractivity contribution in [2.24, 2.45) is 11.8 Å². The Labute approximate surface area is 105 Å². The van der Waals surface area contributed by atoms with Gasteiger partial charge in [0.1, 0.15) is 0 Å². The van der Waals surface area contributed by atoms with E-state index in [2.05, 4.69) is 29.4 Å². The summed E-state index contributed by atoms with van der Waals surface area (Å²) in [5, 5.41) is 11.1. The fourth-order valence-electron chi connectivity index (χ4n) is 2.58. The second kappa shape index (κ2) is 5.00. The first-order valence-corrected chi connectivity index (χ1v) is 6.83. The van der Waals surface area contributed by atoms with Gasteiger partial charge in [0, 0.05) is 6.04 Å². The van der Waals surface area contributed by atoms with Crippen LogP contribution in [0, 0.1) is 11.8 Å². The van der Waals surface area contributed by atoms with Gasteiger partial charge >= 0.3 is 0 Å². The average molecular weight is 254 g/mol. The smallest absolute Gasteiger partial charge is 0.282 e. The molecule has 0 spiro atoms. The molecule has 3 unspecified atom stereocenters. The second-order valence-corrected chi connectivity index (χ2v) is 5.64. The van der Waals surface area contributed by atoms with Crippen LogP contribution in [0.15, 0.2) is 0 Å². The van der Waals surface area contributed by atoms with Gasteiger partial charge in [-0.2, -0.15) is 0 Å². The molecule has 0 bridgehead atoms. The Morgan fingerprint density at radius 3 is 2.82 bits per heavy atom. The third kappa shape index (κ3) is 2.57. The van der Waals surface area contributed by atoms with Crippen LogP contribution in [-0.4, -0.2) is 22.1 Å². The van der Waals surface area contributed by atoms with E-state index in [0.29, 0.717) is 16.1 Å². The highest BCUT2D eigenvalue weighted by Gasteiger charge is 2.33. The predicted octanol–water partition coefficient (Wildman–Crippen LogP) is 1.67. The van der Waals surface area contributed by atoms with Crippen LogP contribution in [0.1, 0.15) is 42.9 Å². The molecule has 1 amide bonds. The van der Waals surface area contributed by atoms with E-state index in [4.69, 9.17) is 5.73 Å². The van der Waals surface area contributed by atoms with Crippen molar-refractivity contribution in [3.05, 3.63) is 5.01 Å².